The van der Waals surface area contributed by atoms with E-state index >= 15 is 0 Å². The molecule has 2 amide bonds. The SMILES string of the molecule is Cc1cc(F)c(NC(=O)N2CCOc3cccnc3[C@@H]2C)cc1-c1cccnn1. The van der Waals surface area contributed by atoms with Gasteiger partial charge in [-0.3, -0.25) is 4.98 Å². The molecule has 0 radical (unpaired) electrons. The van der Waals surface area contributed by atoms with E-state index in [2.05, 4.69) is 20.5 Å². The van der Waals surface area contributed by atoms with Crippen LogP contribution in [0.5, 0.6) is 5.75 Å². The van der Waals surface area contributed by atoms with Crippen LogP contribution in [0.15, 0.2) is 48.8 Å². The Bertz CT molecular complexity index is 1040. The second-order valence-corrected chi connectivity index (χ2v) is 6.79. The first kappa shape index (κ1) is 18.8. The lowest BCUT2D eigenvalue weighted by Crippen LogP contribution is -2.38. The monoisotopic (exact) mass is 393 g/mol. The van der Waals surface area contributed by atoms with E-state index in [1.54, 1.807) is 48.5 Å². The summed E-state index contributed by atoms with van der Waals surface area (Å²) in [6.07, 6.45) is 3.23. The molecule has 1 N–H and O–H groups in total. The number of hydrogen-bond donors (Lipinski definition) is 1. The van der Waals surface area contributed by atoms with Gasteiger partial charge in [0.1, 0.15) is 23.9 Å². The van der Waals surface area contributed by atoms with Gasteiger partial charge in [-0.2, -0.15) is 10.2 Å². The Labute approximate surface area is 167 Å². The van der Waals surface area contributed by atoms with Gasteiger partial charge >= 0.3 is 6.03 Å². The summed E-state index contributed by atoms with van der Waals surface area (Å²) in [7, 11) is 0. The molecule has 2 aromatic heterocycles. The standard InChI is InChI=1S/C21H20FN5O2/c1-13-11-16(22)18(12-15(13)17-5-3-8-24-26-17)25-21(28)27-9-10-29-19-6-4-7-23-20(19)14(27)2/h3-8,11-12,14H,9-10H2,1-2H3,(H,25,28)/t14-/m0/s1. The van der Waals surface area contributed by atoms with E-state index in [4.69, 9.17) is 4.74 Å². The molecule has 0 spiro atoms. The highest BCUT2D eigenvalue weighted by atomic mass is 19.1. The molecule has 3 aromatic rings. The molecule has 1 atom stereocenters. The molecular formula is C21H20FN5O2. The molecule has 0 unspecified atom stereocenters. The molecular weight excluding hydrogens is 373 g/mol. The zero-order valence-corrected chi connectivity index (χ0v) is 16.1. The van der Waals surface area contributed by atoms with E-state index < -0.39 is 11.8 Å². The molecule has 8 heteroatoms. The fraction of sp³-hybridized carbons (Fsp3) is 0.238. The van der Waals surface area contributed by atoms with E-state index in [0.717, 1.165) is 0 Å². The van der Waals surface area contributed by atoms with Gasteiger partial charge in [-0.15, -0.1) is 0 Å². The van der Waals surface area contributed by atoms with E-state index in [1.807, 2.05) is 13.0 Å². The number of halogens is 1. The Morgan fingerprint density at radius 1 is 1.28 bits per heavy atom. The summed E-state index contributed by atoms with van der Waals surface area (Å²) in [5, 5.41) is 10.6. The zero-order valence-electron chi connectivity index (χ0n) is 16.1. The number of anilines is 1. The van der Waals surface area contributed by atoms with Gasteiger partial charge in [0.2, 0.25) is 0 Å². The van der Waals surface area contributed by atoms with Crippen molar-refractivity contribution in [1.82, 2.24) is 20.1 Å². The van der Waals surface area contributed by atoms with Crippen LogP contribution in [0, 0.1) is 12.7 Å². The fourth-order valence-corrected chi connectivity index (χ4v) is 3.39. The van der Waals surface area contributed by atoms with Gasteiger partial charge in [0.25, 0.3) is 0 Å². The second-order valence-electron chi connectivity index (χ2n) is 6.79. The largest absolute Gasteiger partial charge is 0.490 e. The number of rotatable bonds is 2. The molecule has 1 aliphatic heterocycles. The van der Waals surface area contributed by atoms with E-state index in [9.17, 15) is 9.18 Å². The molecule has 1 aromatic carbocycles. The van der Waals surface area contributed by atoms with Gasteiger partial charge in [0.15, 0.2) is 0 Å². The molecule has 148 valence electrons. The maximum atomic E-state index is 14.6. The number of amides is 2. The van der Waals surface area contributed by atoms with Crippen molar-refractivity contribution in [3.05, 3.63) is 65.9 Å². The van der Waals surface area contributed by atoms with Gasteiger partial charge in [-0.05, 0) is 55.8 Å². The van der Waals surface area contributed by atoms with Gasteiger partial charge in [0.05, 0.1) is 24.0 Å². The first-order valence-corrected chi connectivity index (χ1v) is 9.28. The van der Waals surface area contributed by atoms with Gasteiger partial charge < -0.3 is 15.0 Å². The number of aromatic nitrogens is 3. The highest BCUT2D eigenvalue weighted by Crippen LogP contribution is 2.31. The molecule has 29 heavy (non-hydrogen) atoms. The maximum absolute atomic E-state index is 14.6. The average Bonchev–Trinajstić information content (AvgIpc) is 2.90. The quantitative estimate of drug-likeness (QED) is 0.713. The summed E-state index contributed by atoms with van der Waals surface area (Å²) >= 11 is 0. The smallest absolute Gasteiger partial charge is 0.322 e. The minimum atomic E-state index is -0.513. The van der Waals surface area contributed by atoms with Crippen LogP contribution >= 0.6 is 0 Å². The van der Waals surface area contributed by atoms with Crippen LogP contribution in [0.4, 0.5) is 14.9 Å². The Kier molecular flexibility index (Phi) is 5.07. The molecule has 7 nitrogen and oxygen atoms in total. The number of carbonyl (C=O) groups is 1. The van der Waals surface area contributed by atoms with Crippen LogP contribution in [0.3, 0.4) is 0 Å². The number of hydrogen-bond acceptors (Lipinski definition) is 5. The van der Waals surface area contributed by atoms with Crippen LogP contribution in [0.25, 0.3) is 11.3 Å². The maximum Gasteiger partial charge on any atom is 0.322 e. The third-order valence-corrected chi connectivity index (χ3v) is 4.92. The van der Waals surface area contributed by atoms with Crippen LogP contribution in [0.2, 0.25) is 0 Å². The van der Waals surface area contributed by atoms with Crippen molar-refractivity contribution in [1.29, 1.82) is 0 Å². The van der Waals surface area contributed by atoms with Gasteiger partial charge in [0, 0.05) is 18.0 Å². The predicted octanol–water partition coefficient (Wildman–Crippen LogP) is 3.97. The Morgan fingerprint density at radius 3 is 2.90 bits per heavy atom. The number of urea groups is 1. The average molecular weight is 393 g/mol. The lowest BCUT2D eigenvalue weighted by molar-refractivity contribution is 0.185. The molecule has 3 heterocycles. The van der Waals surface area contributed by atoms with Crippen LogP contribution in [-0.2, 0) is 0 Å². The predicted molar refractivity (Wildman–Crippen MR) is 106 cm³/mol. The van der Waals surface area contributed by atoms with E-state index in [1.165, 1.54) is 6.07 Å². The van der Waals surface area contributed by atoms with Crippen molar-refractivity contribution < 1.29 is 13.9 Å². The summed E-state index contributed by atoms with van der Waals surface area (Å²) in [6.45, 7) is 4.34. The summed E-state index contributed by atoms with van der Waals surface area (Å²) in [5.41, 5.74) is 2.77. The normalized spacial score (nSPS) is 15.8. The summed E-state index contributed by atoms with van der Waals surface area (Å²) < 4.78 is 20.3. The topological polar surface area (TPSA) is 80.2 Å². The minimum absolute atomic E-state index is 0.0832. The number of fused-ring (bicyclic) bond motifs is 1. The van der Waals surface area contributed by atoms with Gasteiger partial charge in [-0.1, -0.05) is 0 Å². The molecule has 0 saturated heterocycles. The Morgan fingerprint density at radius 2 is 2.10 bits per heavy atom. The number of benzene rings is 1. The first-order chi connectivity index (χ1) is 14.0. The lowest BCUT2D eigenvalue weighted by Gasteiger charge is -2.26. The number of nitrogens with zero attached hydrogens (tertiary/aromatic N) is 4. The summed E-state index contributed by atoms with van der Waals surface area (Å²) in [5.74, 6) is 0.141. The first-order valence-electron chi connectivity index (χ1n) is 9.28. The summed E-state index contributed by atoms with van der Waals surface area (Å²) in [6, 6.07) is 9.38. The highest BCUT2D eigenvalue weighted by molar-refractivity contribution is 5.91. The molecule has 1 aliphatic rings. The third kappa shape index (κ3) is 3.73. The number of pyridine rings is 1. The molecule has 0 bridgehead atoms. The van der Waals surface area contributed by atoms with Crippen molar-refractivity contribution in [3.63, 3.8) is 0 Å². The number of nitrogens with one attached hydrogen (secondary N) is 1. The lowest BCUT2D eigenvalue weighted by atomic mass is 10.0. The third-order valence-electron chi connectivity index (χ3n) is 4.92. The van der Waals surface area contributed by atoms with Crippen molar-refractivity contribution >= 4 is 11.7 Å². The van der Waals surface area contributed by atoms with Crippen molar-refractivity contribution in [3.8, 4) is 17.0 Å². The van der Waals surface area contributed by atoms with Crippen molar-refractivity contribution in [2.75, 3.05) is 18.5 Å². The fourth-order valence-electron chi connectivity index (χ4n) is 3.39. The van der Waals surface area contributed by atoms with E-state index in [-0.39, 0.29) is 11.7 Å². The number of ether oxygens (including phenoxy) is 1. The van der Waals surface area contributed by atoms with E-state index in [0.29, 0.717) is 41.4 Å². The Hall–Kier alpha value is -3.55. The van der Waals surface area contributed by atoms with Crippen LogP contribution < -0.4 is 10.1 Å². The molecule has 0 saturated carbocycles. The zero-order chi connectivity index (χ0) is 20.4. The highest BCUT2D eigenvalue weighted by Gasteiger charge is 2.28. The summed E-state index contributed by atoms with van der Waals surface area (Å²) in [4.78, 5) is 18.9. The molecule has 4 rings (SSSR count). The van der Waals surface area contributed by atoms with Crippen molar-refractivity contribution in [2.24, 2.45) is 0 Å². The molecule has 0 fully saturated rings. The molecule has 0 aliphatic carbocycles. The Balaban J connectivity index is 1.62. The number of carbonyl (C=O) groups excluding carboxylic acids is 1. The van der Waals surface area contributed by atoms with Gasteiger partial charge in [-0.25, -0.2) is 9.18 Å². The van der Waals surface area contributed by atoms with Crippen LogP contribution in [-0.4, -0.2) is 39.3 Å². The minimum Gasteiger partial charge on any atom is -0.490 e. The second kappa shape index (κ2) is 7.83. The number of aryl methyl sites for hydroxylation is 1. The van der Waals surface area contributed by atoms with Crippen molar-refractivity contribution in [2.45, 2.75) is 19.9 Å². The van der Waals surface area contributed by atoms with Crippen LogP contribution in [0.1, 0.15) is 24.2 Å².